The largest absolute Gasteiger partial charge is 0.444 e. The van der Waals surface area contributed by atoms with Crippen molar-refractivity contribution in [2.75, 3.05) is 13.1 Å². The first kappa shape index (κ1) is 17.0. The first-order valence-electron chi connectivity index (χ1n) is 8.19. The molecule has 1 aromatic heterocycles. The standard InChI is InChI=1S/C17H22ClN3O3/c1-17(2,3)24-16(23)20-8-6-12(7-9-20)21-10-11-4-5-13(18)19-14(11)15(21)22/h4-5,12H,6-10H2,1-3H3. The molecule has 7 heteroatoms. The number of carbonyl (C=O) groups excluding carboxylic acids is 2. The number of hydrogen-bond donors (Lipinski definition) is 0. The van der Waals surface area contributed by atoms with Gasteiger partial charge in [0, 0.05) is 31.2 Å². The molecule has 0 bridgehead atoms. The third kappa shape index (κ3) is 3.48. The van der Waals surface area contributed by atoms with Crippen LogP contribution in [0, 0.1) is 0 Å². The Morgan fingerprint density at radius 1 is 1.29 bits per heavy atom. The topological polar surface area (TPSA) is 62.7 Å². The fourth-order valence-corrected chi connectivity index (χ4v) is 3.30. The Balaban J connectivity index is 1.60. The van der Waals surface area contributed by atoms with Gasteiger partial charge in [-0.1, -0.05) is 17.7 Å². The van der Waals surface area contributed by atoms with Crippen LogP contribution >= 0.6 is 11.6 Å². The zero-order valence-corrected chi connectivity index (χ0v) is 15.0. The maximum atomic E-state index is 12.6. The van der Waals surface area contributed by atoms with Gasteiger partial charge in [0.05, 0.1) is 0 Å². The predicted octanol–water partition coefficient (Wildman–Crippen LogP) is 3.09. The van der Waals surface area contributed by atoms with Crippen molar-refractivity contribution in [2.45, 2.75) is 51.8 Å². The van der Waals surface area contributed by atoms with Gasteiger partial charge in [0.2, 0.25) is 0 Å². The van der Waals surface area contributed by atoms with E-state index in [1.807, 2.05) is 31.7 Å². The number of likely N-dealkylation sites (tertiary alicyclic amines) is 1. The van der Waals surface area contributed by atoms with Crippen LogP contribution in [0.15, 0.2) is 12.1 Å². The Hall–Kier alpha value is -1.82. The van der Waals surface area contributed by atoms with Crippen LogP contribution in [-0.4, -0.2) is 51.5 Å². The maximum Gasteiger partial charge on any atom is 0.410 e. The van der Waals surface area contributed by atoms with E-state index in [2.05, 4.69) is 4.98 Å². The molecule has 1 saturated heterocycles. The molecule has 0 saturated carbocycles. The lowest BCUT2D eigenvalue weighted by molar-refractivity contribution is 0.0148. The maximum absolute atomic E-state index is 12.6. The molecule has 0 aromatic carbocycles. The molecule has 1 aromatic rings. The quantitative estimate of drug-likeness (QED) is 0.729. The highest BCUT2D eigenvalue weighted by Crippen LogP contribution is 2.28. The van der Waals surface area contributed by atoms with Crippen molar-refractivity contribution >= 4 is 23.6 Å². The molecule has 6 nitrogen and oxygen atoms in total. The SMILES string of the molecule is CC(C)(C)OC(=O)N1CCC(N2Cc3ccc(Cl)nc3C2=O)CC1. The van der Waals surface area contributed by atoms with Gasteiger partial charge in [0.15, 0.2) is 0 Å². The third-order valence-corrected chi connectivity index (χ3v) is 4.52. The highest BCUT2D eigenvalue weighted by Gasteiger charge is 2.36. The normalized spacial score (nSPS) is 18.8. The minimum absolute atomic E-state index is 0.0665. The minimum Gasteiger partial charge on any atom is -0.444 e. The molecule has 2 aliphatic rings. The number of piperidine rings is 1. The van der Waals surface area contributed by atoms with Gasteiger partial charge in [-0.25, -0.2) is 9.78 Å². The zero-order chi connectivity index (χ0) is 17.5. The van der Waals surface area contributed by atoms with Crippen LogP contribution in [-0.2, 0) is 11.3 Å². The lowest BCUT2D eigenvalue weighted by Crippen LogP contribution is -2.48. The van der Waals surface area contributed by atoms with E-state index in [0.717, 1.165) is 18.4 Å². The van der Waals surface area contributed by atoms with Crippen LogP contribution in [0.5, 0.6) is 0 Å². The zero-order valence-electron chi connectivity index (χ0n) is 14.2. The monoisotopic (exact) mass is 351 g/mol. The molecule has 24 heavy (non-hydrogen) atoms. The van der Waals surface area contributed by atoms with Crippen molar-refractivity contribution in [1.29, 1.82) is 0 Å². The highest BCUT2D eigenvalue weighted by molar-refractivity contribution is 6.29. The number of ether oxygens (including phenoxy) is 1. The number of nitrogens with zero attached hydrogens (tertiary/aromatic N) is 3. The average molecular weight is 352 g/mol. The van der Waals surface area contributed by atoms with Crippen molar-refractivity contribution in [1.82, 2.24) is 14.8 Å². The summed E-state index contributed by atoms with van der Waals surface area (Å²) in [4.78, 5) is 32.4. The average Bonchev–Trinajstić information content (AvgIpc) is 2.83. The van der Waals surface area contributed by atoms with Crippen LogP contribution in [0.25, 0.3) is 0 Å². The first-order chi connectivity index (χ1) is 11.2. The molecule has 1 fully saturated rings. The van der Waals surface area contributed by atoms with Gasteiger partial charge in [-0.05, 0) is 39.7 Å². The second-order valence-electron chi connectivity index (χ2n) is 7.27. The minimum atomic E-state index is -0.495. The molecule has 0 N–H and O–H groups in total. The fraction of sp³-hybridized carbons (Fsp3) is 0.588. The van der Waals surface area contributed by atoms with Crippen LogP contribution in [0.4, 0.5) is 4.79 Å². The molecule has 130 valence electrons. The summed E-state index contributed by atoms with van der Waals surface area (Å²) in [5, 5.41) is 0.337. The van der Waals surface area contributed by atoms with Gasteiger partial charge in [-0.2, -0.15) is 0 Å². The van der Waals surface area contributed by atoms with Crippen molar-refractivity contribution in [3.8, 4) is 0 Å². The summed E-state index contributed by atoms with van der Waals surface area (Å²) < 4.78 is 5.40. The molecule has 2 aliphatic heterocycles. The summed E-state index contributed by atoms with van der Waals surface area (Å²) in [7, 11) is 0. The Morgan fingerprint density at radius 3 is 2.58 bits per heavy atom. The number of aromatic nitrogens is 1. The Bertz CT molecular complexity index is 664. The van der Waals surface area contributed by atoms with Crippen molar-refractivity contribution in [3.63, 3.8) is 0 Å². The second-order valence-corrected chi connectivity index (χ2v) is 7.66. The van der Waals surface area contributed by atoms with Gasteiger partial charge >= 0.3 is 6.09 Å². The van der Waals surface area contributed by atoms with E-state index in [9.17, 15) is 9.59 Å². The van der Waals surface area contributed by atoms with Crippen LogP contribution in [0.3, 0.4) is 0 Å². The molecule has 0 aliphatic carbocycles. The number of halogens is 1. The van der Waals surface area contributed by atoms with E-state index < -0.39 is 5.60 Å². The van der Waals surface area contributed by atoms with Gasteiger partial charge in [-0.3, -0.25) is 4.79 Å². The van der Waals surface area contributed by atoms with E-state index in [1.165, 1.54) is 0 Å². The number of amides is 2. The molecule has 3 heterocycles. The molecule has 0 radical (unpaired) electrons. The molecule has 3 rings (SSSR count). The van der Waals surface area contributed by atoms with Gasteiger partial charge in [0.1, 0.15) is 16.4 Å². The second kappa shape index (κ2) is 6.24. The number of carbonyl (C=O) groups is 2. The smallest absolute Gasteiger partial charge is 0.410 e. The first-order valence-corrected chi connectivity index (χ1v) is 8.57. The number of rotatable bonds is 1. The Morgan fingerprint density at radius 2 is 1.96 bits per heavy atom. The van der Waals surface area contributed by atoms with Crippen LogP contribution in [0.2, 0.25) is 5.15 Å². The fourth-order valence-electron chi connectivity index (χ4n) is 3.15. The summed E-state index contributed by atoms with van der Waals surface area (Å²) in [6.07, 6.45) is 1.20. The van der Waals surface area contributed by atoms with Gasteiger partial charge < -0.3 is 14.5 Å². The predicted molar refractivity (Wildman–Crippen MR) is 89.9 cm³/mol. The molecule has 2 amide bonds. The van der Waals surface area contributed by atoms with Gasteiger partial charge in [-0.15, -0.1) is 0 Å². The van der Waals surface area contributed by atoms with E-state index in [1.54, 1.807) is 11.0 Å². The van der Waals surface area contributed by atoms with E-state index in [4.69, 9.17) is 16.3 Å². The van der Waals surface area contributed by atoms with Crippen molar-refractivity contribution in [3.05, 3.63) is 28.5 Å². The van der Waals surface area contributed by atoms with Crippen molar-refractivity contribution in [2.24, 2.45) is 0 Å². The molecule has 0 unspecified atom stereocenters. The summed E-state index contributed by atoms with van der Waals surface area (Å²) >= 11 is 5.89. The van der Waals surface area contributed by atoms with Crippen molar-refractivity contribution < 1.29 is 14.3 Å². The van der Waals surface area contributed by atoms with Crippen LogP contribution < -0.4 is 0 Å². The van der Waals surface area contributed by atoms with E-state index in [0.29, 0.717) is 30.5 Å². The number of hydrogen-bond acceptors (Lipinski definition) is 4. The third-order valence-electron chi connectivity index (χ3n) is 4.31. The van der Waals surface area contributed by atoms with Gasteiger partial charge in [0.25, 0.3) is 5.91 Å². The highest BCUT2D eigenvalue weighted by atomic mass is 35.5. The number of fused-ring (bicyclic) bond motifs is 1. The Kier molecular flexibility index (Phi) is 4.42. The molecular weight excluding hydrogens is 330 g/mol. The molecule has 0 atom stereocenters. The van der Waals surface area contributed by atoms with E-state index in [-0.39, 0.29) is 18.0 Å². The number of pyridine rings is 1. The summed E-state index contributed by atoms with van der Waals surface area (Å²) in [5.41, 5.74) is 0.877. The lowest BCUT2D eigenvalue weighted by atomic mass is 10.0. The van der Waals surface area contributed by atoms with E-state index >= 15 is 0 Å². The Labute approximate surface area is 146 Å². The lowest BCUT2D eigenvalue weighted by Gasteiger charge is -2.37. The van der Waals surface area contributed by atoms with Crippen LogP contribution in [0.1, 0.15) is 49.7 Å². The summed E-state index contributed by atoms with van der Waals surface area (Å²) in [6, 6.07) is 3.69. The summed E-state index contributed by atoms with van der Waals surface area (Å²) in [5.74, 6) is -0.0665. The molecule has 0 spiro atoms. The summed E-state index contributed by atoms with van der Waals surface area (Å²) in [6.45, 7) is 7.32. The molecular formula is C17H22ClN3O3.